The molecule has 0 spiro atoms. The number of hydrogen-bond acceptors (Lipinski definition) is 3. The number of hydrogen-bond donors (Lipinski definition) is 1. The van der Waals surface area contributed by atoms with Crippen LogP contribution in [0.1, 0.15) is 22.7 Å². The summed E-state index contributed by atoms with van der Waals surface area (Å²) in [6, 6.07) is 5.34. The Kier molecular flexibility index (Phi) is 4.29. The molecule has 0 saturated heterocycles. The molecule has 2 N–H and O–H groups in total. The maximum atomic E-state index is 14.0. The molecule has 0 radical (unpaired) electrons. The Hall–Kier alpha value is -2.01. The predicted molar refractivity (Wildman–Crippen MR) is 72.5 cm³/mol. The molecule has 3 nitrogen and oxygen atoms in total. The summed E-state index contributed by atoms with van der Waals surface area (Å²) in [5.74, 6) is -0.726. The molecule has 0 fully saturated rings. The first kappa shape index (κ1) is 14.4. The fourth-order valence-electron chi connectivity index (χ4n) is 2.03. The number of rotatable bonds is 4. The summed E-state index contributed by atoms with van der Waals surface area (Å²) in [7, 11) is 1.52. The van der Waals surface area contributed by atoms with E-state index in [0.29, 0.717) is 17.9 Å². The van der Waals surface area contributed by atoms with Gasteiger partial charge in [0.15, 0.2) is 0 Å². The molecule has 0 saturated carbocycles. The normalized spacial score (nSPS) is 12.2. The average molecular weight is 278 g/mol. The van der Waals surface area contributed by atoms with Crippen molar-refractivity contribution in [3.05, 3.63) is 58.8 Å². The Balaban J connectivity index is 2.23. The van der Waals surface area contributed by atoms with Crippen LogP contribution in [0.4, 0.5) is 8.78 Å². The van der Waals surface area contributed by atoms with Crippen molar-refractivity contribution in [1.82, 2.24) is 4.98 Å². The number of methoxy groups -OCH3 is 1. The average Bonchev–Trinajstić information content (AvgIpc) is 2.44. The van der Waals surface area contributed by atoms with Gasteiger partial charge < -0.3 is 10.5 Å². The summed E-state index contributed by atoms with van der Waals surface area (Å²) >= 11 is 0. The largest absolute Gasteiger partial charge is 0.481 e. The van der Waals surface area contributed by atoms with Gasteiger partial charge in [-0.05, 0) is 30.5 Å². The standard InChI is InChI=1S/C15H16F2N2O/c1-9-3-5-11(16)14(15(9)17)12(18)7-10-4-6-13(20-2)19-8-10/h3-6,8,12H,7,18H2,1-2H3. The number of pyridine rings is 1. The fraction of sp³-hybridized carbons (Fsp3) is 0.267. The highest BCUT2D eigenvalue weighted by Crippen LogP contribution is 2.24. The Morgan fingerprint density at radius 3 is 2.60 bits per heavy atom. The lowest BCUT2D eigenvalue weighted by Gasteiger charge is -2.15. The molecule has 0 aliphatic carbocycles. The monoisotopic (exact) mass is 278 g/mol. The van der Waals surface area contributed by atoms with Crippen molar-refractivity contribution in [3.63, 3.8) is 0 Å². The highest BCUT2D eigenvalue weighted by molar-refractivity contribution is 5.30. The lowest BCUT2D eigenvalue weighted by atomic mass is 9.98. The van der Waals surface area contributed by atoms with Crippen LogP contribution in [0.2, 0.25) is 0 Å². The van der Waals surface area contributed by atoms with Crippen LogP contribution < -0.4 is 10.5 Å². The van der Waals surface area contributed by atoms with Crippen molar-refractivity contribution in [2.45, 2.75) is 19.4 Å². The zero-order valence-electron chi connectivity index (χ0n) is 11.4. The lowest BCUT2D eigenvalue weighted by Crippen LogP contribution is -2.17. The van der Waals surface area contributed by atoms with Gasteiger partial charge in [-0.25, -0.2) is 13.8 Å². The second-order valence-electron chi connectivity index (χ2n) is 4.61. The molecule has 5 heteroatoms. The molecule has 0 aliphatic rings. The second-order valence-corrected chi connectivity index (χ2v) is 4.61. The maximum absolute atomic E-state index is 14.0. The minimum absolute atomic E-state index is 0.0826. The molecular weight excluding hydrogens is 262 g/mol. The van der Waals surface area contributed by atoms with Crippen molar-refractivity contribution in [3.8, 4) is 5.88 Å². The zero-order valence-corrected chi connectivity index (χ0v) is 11.4. The third-order valence-corrected chi connectivity index (χ3v) is 3.15. The molecule has 0 bridgehead atoms. The van der Waals surface area contributed by atoms with Crippen molar-refractivity contribution in [2.75, 3.05) is 7.11 Å². The molecule has 1 aromatic carbocycles. The van der Waals surface area contributed by atoms with E-state index in [1.165, 1.54) is 19.2 Å². The summed E-state index contributed by atoms with van der Waals surface area (Å²) in [5.41, 5.74) is 7.02. The number of ether oxygens (including phenoxy) is 1. The summed E-state index contributed by atoms with van der Waals surface area (Å²) in [6.45, 7) is 1.58. The summed E-state index contributed by atoms with van der Waals surface area (Å²) in [4.78, 5) is 4.04. The van der Waals surface area contributed by atoms with E-state index in [0.717, 1.165) is 5.56 Å². The van der Waals surface area contributed by atoms with Crippen LogP contribution in [-0.2, 0) is 6.42 Å². The first-order chi connectivity index (χ1) is 9.52. The van der Waals surface area contributed by atoms with Gasteiger partial charge in [0.05, 0.1) is 7.11 Å². The predicted octanol–water partition coefficient (Wildman–Crippen LogP) is 2.92. The first-order valence-electron chi connectivity index (χ1n) is 6.22. The van der Waals surface area contributed by atoms with E-state index >= 15 is 0 Å². The molecule has 2 rings (SSSR count). The van der Waals surface area contributed by atoms with Crippen molar-refractivity contribution >= 4 is 0 Å². The van der Waals surface area contributed by atoms with Gasteiger partial charge in [-0.1, -0.05) is 12.1 Å². The van der Waals surface area contributed by atoms with Crippen LogP contribution in [0.25, 0.3) is 0 Å². The first-order valence-corrected chi connectivity index (χ1v) is 6.22. The Labute approximate surface area is 116 Å². The van der Waals surface area contributed by atoms with E-state index in [4.69, 9.17) is 10.5 Å². The molecule has 1 aromatic heterocycles. The van der Waals surface area contributed by atoms with Gasteiger partial charge in [0.2, 0.25) is 5.88 Å². The van der Waals surface area contributed by atoms with Gasteiger partial charge in [0, 0.05) is 23.9 Å². The van der Waals surface area contributed by atoms with Gasteiger partial charge in [0.1, 0.15) is 11.6 Å². The summed E-state index contributed by atoms with van der Waals surface area (Å²) in [5, 5.41) is 0. The van der Waals surface area contributed by atoms with Crippen molar-refractivity contribution in [1.29, 1.82) is 0 Å². The quantitative estimate of drug-likeness (QED) is 0.935. The topological polar surface area (TPSA) is 48.1 Å². The van der Waals surface area contributed by atoms with E-state index in [1.807, 2.05) is 0 Å². The minimum atomic E-state index is -0.759. The van der Waals surface area contributed by atoms with Crippen molar-refractivity contribution in [2.24, 2.45) is 5.73 Å². The number of benzene rings is 1. The van der Waals surface area contributed by atoms with E-state index in [2.05, 4.69) is 4.98 Å². The maximum Gasteiger partial charge on any atom is 0.212 e. The number of halogens is 2. The third kappa shape index (κ3) is 2.93. The third-order valence-electron chi connectivity index (χ3n) is 3.15. The lowest BCUT2D eigenvalue weighted by molar-refractivity contribution is 0.397. The second kappa shape index (κ2) is 5.96. The fourth-order valence-corrected chi connectivity index (χ4v) is 2.03. The van der Waals surface area contributed by atoms with E-state index in [1.54, 1.807) is 25.3 Å². The van der Waals surface area contributed by atoms with Gasteiger partial charge >= 0.3 is 0 Å². The van der Waals surface area contributed by atoms with Crippen LogP contribution in [0.15, 0.2) is 30.5 Å². The molecule has 1 heterocycles. The van der Waals surface area contributed by atoms with E-state index < -0.39 is 17.7 Å². The van der Waals surface area contributed by atoms with Crippen LogP contribution >= 0.6 is 0 Å². The van der Waals surface area contributed by atoms with E-state index in [-0.39, 0.29) is 5.56 Å². The Morgan fingerprint density at radius 2 is 2.00 bits per heavy atom. The minimum Gasteiger partial charge on any atom is -0.481 e. The molecular formula is C15H16F2N2O. The Morgan fingerprint density at radius 1 is 1.25 bits per heavy atom. The number of nitrogens with zero attached hydrogens (tertiary/aromatic N) is 1. The molecule has 0 aliphatic heterocycles. The highest BCUT2D eigenvalue weighted by atomic mass is 19.1. The molecule has 0 amide bonds. The van der Waals surface area contributed by atoms with Gasteiger partial charge in [0.25, 0.3) is 0 Å². The van der Waals surface area contributed by atoms with Gasteiger partial charge in [-0.3, -0.25) is 0 Å². The van der Waals surface area contributed by atoms with Crippen LogP contribution in [0.3, 0.4) is 0 Å². The SMILES string of the molecule is COc1ccc(CC(N)c2c(F)ccc(C)c2F)cn1. The van der Waals surface area contributed by atoms with Gasteiger partial charge in [-0.2, -0.15) is 0 Å². The molecule has 1 unspecified atom stereocenters. The van der Waals surface area contributed by atoms with Gasteiger partial charge in [-0.15, -0.1) is 0 Å². The molecule has 1 atom stereocenters. The molecule has 2 aromatic rings. The van der Waals surface area contributed by atoms with Crippen LogP contribution in [0, 0.1) is 18.6 Å². The Bertz CT molecular complexity index is 600. The number of aryl methyl sites for hydroxylation is 1. The summed E-state index contributed by atoms with van der Waals surface area (Å²) in [6.07, 6.45) is 1.89. The zero-order chi connectivity index (χ0) is 14.7. The molecule has 106 valence electrons. The van der Waals surface area contributed by atoms with Crippen LogP contribution in [0.5, 0.6) is 5.88 Å². The number of aromatic nitrogens is 1. The highest BCUT2D eigenvalue weighted by Gasteiger charge is 2.18. The summed E-state index contributed by atoms with van der Waals surface area (Å²) < 4.78 is 32.7. The van der Waals surface area contributed by atoms with Crippen LogP contribution in [-0.4, -0.2) is 12.1 Å². The smallest absolute Gasteiger partial charge is 0.212 e. The number of nitrogens with two attached hydrogens (primary N) is 1. The van der Waals surface area contributed by atoms with E-state index in [9.17, 15) is 8.78 Å². The van der Waals surface area contributed by atoms with Crippen molar-refractivity contribution < 1.29 is 13.5 Å². The molecule has 20 heavy (non-hydrogen) atoms.